The largest absolute Gasteiger partial charge is 0.516 e. The maximum Gasteiger partial charge on any atom is 0.354 e. The van der Waals surface area contributed by atoms with Gasteiger partial charge in [-0.05, 0) is 107 Å². The molecule has 0 bridgehead atoms. The van der Waals surface area contributed by atoms with Crippen molar-refractivity contribution in [3.63, 3.8) is 0 Å². The predicted octanol–water partition coefficient (Wildman–Crippen LogP) is 10.3. The molecule has 5 atom stereocenters. The minimum absolute atomic E-state index is 0. The number of ether oxygens (including phenoxy) is 6. The Morgan fingerprint density at radius 2 is 0.782 bits per heavy atom. The van der Waals surface area contributed by atoms with Crippen molar-refractivity contribution >= 4 is 11.9 Å². The number of pyridine rings is 1. The number of nitrogens with zero attached hydrogens (tertiary/aromatic N) is 9. The fraction of sp³-hybridized carbons (Fsp3) is 0.356. The fourth-order valence-electron chi connectivity index (χ4n) is 8.53. The maximum absolute atomic E-state index is 10.1. The number of nitrogens with one attached hydrogen (secondary N) is 1. The molecule has 7 N–H and O–H groups in total. The Hall–Kier alpha value is -7.19. The summed E-state index contributed by atoms with van der Waals surface area (Å²) in [6.45, 7) is 19.7. The zero-order chi connectivity index (χ0) is 72.0. The van der Waals surface area contributed by atoms with Crippen LogP contribution in [0.4, 0.5) is 0 Å². The number of hydrogen-bond donors (Lipinski definition) is 7. The molecule has 1 aliphatic heterocycles. The van der Waals surface area contributed by atoms with Crippen LogP contribution in [0.2, 0.25) is 0 Å². The van der Waals surface area contributed by atoms with Crippen LogP contribution in [-0.2, 0) is 94.7 Å². The average Bonchev–Trinajstić information content (AvgIpc) is 1.28. The van der Waals surface area contributed by atoms with E-state index in [4.69, 9.17) is 49.6 Å². The van der Waals surface area contributed by atoms with E-state index in [2.05, 4.69) is 83.9 Å². The van der Waals surface area contributed by atoms with E-state index in [1.807, 2.05) is 128 Å². The van der Waals surface area contributed by atoms with E-state index in [9.17, 15) is 9.59 Å². The van der Waals surface area contributed by atoms with Gasteiger partial charge in [0.05, 0.1) is 63.4 Å². The normalized spacial score (nSPS) is 12.3. The van der Waals surface area contributed by atoms with Crippen LogP contribution in [0.5, 0.6) is 23.0 Å². The second-order valence-electron chi connectivity index (χ2n) is 21.4. The third-order valence-electron chi connectivity index (χ3n) is 13.2. The number of aromatic nitrogens is 9. The molecule has 0 spiro atoms. The quantitative estimate of drug-likeness (QED) is 0.0349. The number of aliphatic carboxylic acids is 1. The zero-order valence-corrected chi connectivity index (χ0v) is 68.9. The Morgan fingerprint density at radius 1 is 0.475 bits per heavy atom. The van der Waals surface area contributed by atoms with Gasteiger partial charge in [-0.25, -0.2) is 9.78 Å². The molecule has 0 amide bonds. The van der Waals surface area contributed by atoms with Crippen LogP contribution in [0.15, 0.2) is 122 Å². The summed E-state index contributed by atoms with van der Waals surface area (Å²) in [4.78, 5) is 58.9. The van der Waals surface area contributed by atoms with Gasteiger partial charge in [0.1, 0.15) is 11.7 Å². The molecule has 0 aliphatic carbocycles. The molecule has 556 valence electrons. The number of hydrogen-bond acceptors (Lipinski definition) is 22. The van der Waals surface area contributed by atoms with Crippen molar-refractivity contribution in [1.29, 1.82) is 0 Å². The SMILES string of the molecule is CC(O)CC(C)O.COC(O)CC(O)OC.COc1cc[c-]c(-c2ncc(C)nc2C)c1.COc1cc[c-]c(-c2ncc(C)nc2C)c1.COc1cc[c-]c(-c2ncc(C)nc2C)c1.COc1cc[c-]c(-c2ncc(C)nc2C)c1.O=C(O)C1CCCN1.O=C(O)c1ccccn1.[Ir].[Ir].[Ir].[Ir]. The van der Waals surface area contributed by atoms with Gasteiger partial charge in [0.2, 0.25) is 0 Å². The molecule has 1 saturated heterocycles. The van der Waals surface area contributed by atoms with Gasteiger partial charge in [-0.3, -0.25) is 24.7 Å². The van der Waals surface area contributed by atoms with Gasteiger partial charge in [0.25, 0.3) is 0 Å². The smallest absolute Gasteiger partial charge is 0.354 e. The molecule has 4 radical (unpaired) electrons. The van der Waals surface area contributed by atoms with Crippen LogP contribution in [0, 0.1) is 79.7 Å². The summed E-state index contributed by atoms with van der Waals surface area (Å²) >= 11 is 0. The second-order valence-corrected chi connectivity index (χ2v) is 21.4. The van der Waals surface area contributed by atoms with Gasteiger partial charge in [0, 0.05) is 201 Å². The third kappa shape index (κ3) is 37.0. The van der Waals surface area contributed by atoms with Crippen LogP contribution in [0.25, 0.3) is 45.0 Å². The van der Waals surface area contributed by atoms with Gasteiger partial charge >= 0.3 is 11.9 Å². The summed E-state index contributed by atoms with van der Waals surface area (Å²) in [5.74, 6) is 1.50. The van der Waals surface area contributed by atoms with E-state index >= 15 is 0 Å². The molecule has 101 heavy (non-hydrogen) atoms. The number of aliphatic hydroxyl groups is 4. The monoisotopic (exact) mass is 2100 g/mol. The van der Waals surface area contributed by atoms with Crippen molar-refractivity contribution in [2.45, 2.75) is 126 Å². The molecule has 0 saturated carbocycles. The molecule has 5 aromatic heterocycles. The van der Waals surface area contributed by atoms with Crippen LogP contribution in [0.1, 0.15) is 95.6 Å². The summed E-state index contributed by atoms with van der Waals surface area (Å²) in [5, 5.41) is 54.0. The maximum atomic E-state index is 10.1. The van der Waals surface area contributed by atoms with E-state index in [0.717, 1.165) is 133 Å². The fourth-order valence-corrected chi connectivity index (χ4v) is 8.53. The molecule has 5 unspecified atom stereocenters. The van der Waals surface area contributed by atoms with Crippen LogP contribution in [-0.4, -0.2) is 167 Å². The molecule has 9 aromatic rings. The number of carboxylic acid groups (broad SMARTS) is 2. The van der Waals surface area contributed by atoms with Gasteiger partial charge in [-0.15, -0.1) is 119 Å². The van der Waals surface area contributed by atoms with Crippen molar-refractivity contribution < 1.29 is 149 Å². The first-order valence-corrected chi connectivity index (χ1v) is 30.6. The van der Waals surface area contributed by atoms with E-state index in [-0.39, 0.29) is 111 Å². The van der Waals surface area contributed by atoms with Crippen LogP contribution >= 0.6 is 0 Å². The molecule has 10 rings (SSSR count). The molecular weight excluding hydrogens is 2010 g/mol. The zero-order valence-electron chi connectivity index (χ0n) is 59.3. The average molecular weight is 2100 g/mol. The van der Waals surface area contributed by atoms with E-state index in [1.54, 1.807) is 79.2 Å². The van der Waals surface area contributed by atoms with Crippen molar-refractivity contribution in [2.75, 3.05) is 49.2 Å². The van der Waals surface area contributed by atoms with E-state index in [0.29, 0.717) is 6.42 Å². The number of aromatic carboxylic acids is 1. The van der Waals surface area contributed by atoms with Gasteiger partial charge < -0.3 is 84.3 Å². The molecular formula is C73H90Ir4N10O14-4. The number of benzene rings is 4. The Balaban J connectivity index is 0. The number of methoxy groups -OCH3 is 6. The molecule has 6 heterocycles. The third-order valence-corrected chi connectivity index (χ3v) is 13.2. The standard InChI is InChI=1S/4C13H13N2O.C6H5NO2.C5H9NO2.C5H12O4.C5H12O2.4Ir/c4*1-9-8-14-13(10(2)15-9)11-5-4-6-12(7-11)16-3;8-6(9)5-3-1-2-4-7-5;7-5(8)4-2-1-3-6-4;1-8-4(6)3-5(7)9-2;1-4(6)3-5(2)7;;;;/h4*4,6-8H,1-3H3;1-4H,(H,8,9);4,6H,1-3H2,(H,7,8);4-7H,3H2,1-2H3;4-7H,3H2,1-2H3;;;;/q4*-1;;;;;;;;. The number of rotatable bonds is 16. The van der Waals surface area contributed by atoms with E-state index < -0.39 is 24.5 Å². The van der Waals surface area contributed by atoms with Crippen LogP contribution in [0.3, 0.4) is 0 Å². The van der Waals surface area contributed by atoms with Crippen molar-refractivity contribution in [3.8, 4) is 68.0 Å². The molecule has 4 aromatic carbocycles. The summed E-state index contributed by atoms with van der Waals surface area (Å²) in [6.07, 6.45) is 8.18. The van der Waals surface area contributed by atoms with Gasteiger partial charge in [-0.2, -0.15) is 0 Å². The Morgan fingerprint density at radius 3 is 0.960 bits per heavy atom. The van der Waals surface area contributed by atoms with E-state index in [1.165, 1.54) is 26.5 Å². The number of aryl methyl sites for hydroxylation is 8. The first-order valence-electron chi connectivity index (χ1n) is 30.6. The minimum atomic E-state index is -0.990. The van der Waals surface area contributed by atoms with Crippen molar-refractivity contribution in [2.24, 2.45) is 0 Å². The Labute approximate surface area is 646 Å². The van der Waals surface area contributed by atoms with Gasteiger partial charge in [-0.1, -0.05) is 6.07 Å². The summed E-state index contributed by atoms with van der Waals surface area (Å²) in [6, 6.07) is 39.4. The summed E-state index contributed by atoms with van der Waals surface area (Å²) in [5.41, 5.74) is 14.4. The molecule has 24 nitrogen and oxygen atoms in total. The van der Waals surface area contributed by atoms with Crippen LogP contribution < -0.4 is 24.3 Å². The molecule has 1 fully saturated rings. The Bertz CT molecular complexity index is 3420. The van der Waals surface area contributed by atoms with Gasteiger partial charge in [0.15, 0.2) is 12.6 Å². The predicted molar refractivity (Wildman–Crippen MR) is 368 cm³/mol. The number of carboxylic acids is 2. The summed E-state index contributed by atoms with van der Waals surface area (Å²) < 4.78 is 29.6. The first kappa shape index (κ1) is 95.9. The second kappa shape index (κ2) is 52.7. The molecule has 1 aliphatic rings. The molecule has 28 heteroatoms. The Kier molecular flexibility index (Phi) is 50.0. The minimum Gasteiger partial charge on any atom is -0.516 e. The first-order chi connectivity index (χ1) is 46.2. The number of carbonyl (C=O) groups is 2. The summed E-state index contributed by atoms with van der Waals surface area (Å²) in [7, 11) is 9.29. The van der Waals surface area contributed by atoms with Crippen molar-refractivity contribution in [3.05, 3.63) is 197 Å². The topological polar surface area (TPSA) is 339 Å². The van der Waals surface area contributed by atoms with Crippen molar-refractivity contribution in [1.82, 2.24) is 50.2 Å². The number of aliphatic hydroxyl groups excluding tert-OH is 4.